The van der Waals surface area contributed by atoms with Crippen LogP contribution in [0.25, 0.3) is 11.3 Å². The lowest BCUT2D eigenvalue weighted by Crippen LogP contribution is -2.42. The number of piperidine rings is 1. The highest BCUT2D eigenvalue weighted by atomic mass is 16.4. The number of aryl methyl sites for hydroxylation is 1. The Morgan fingerprint density at radius 2 is 2.09 bits per heavy atom. The van der Waals surface area contributed by atoms with E-state index in [0.717, 1.165) is 30.8 Å². The van der Waals surface area contributed by atoms with Crippen molar-refractivity contribution < 1.29 is 9.90 Å². The minimum atomic E-state index is -0.679. The molecule has 23 heavy (non-hydrogen) atoms. The number of likely N-dealkylation sites (tertiary alicyclic amines) is 1. The van der Waals surface area contributed by atoms with Gasteiger partial charge in [-0.05, 0) is 24.0 Å². The average Bonchev–Trinajstić information content (AvgIpc) is 2.93. The second-order valence-electron chi connectivity index (χ2n) is 6.57. The fourth-order valence-corrected chi connectivity index (χ4v) is 3.56. The van der Waals surface area contributed by atoms with Gasteiger partial charge in [0.2, 0.25) is 0 Å². The number of nitrogens with zero attached hydrogens (tertiary/aromatic N) is 3. The predicted octanol–water partition coefficient (Wildman–Crippen LogP) is 2.63. The molecule has 0 radical (unpaired) electrons. The van der Waals surface area contributed by atoms with Gasteiger partial charge in [-0.25, -0.2) is 0 Å². The van der Waals surface area contributed by atoms with Crippen molar-refractivity contribution in [3.63, 3.8) is 0 Å². The molecule has 2 unspecified atom stereocenters. The number of carbonyl (C=O) groups is 1. The predicted molar refractivity (Wildman–Crippen MR) is 88.8 cm³/mol. The largest absolute Gasteiger partial charge is 0.481 e. The van der Waals surface area contributed by atoms with Crippen LogP contribution in [0.2, 0.25) is 0 Å². The van der Waals surface area contributed by atoms with Gasteiger partial charge >= 0.3 is 5.97 Å². The third kappa shape index (κ3) is 3.45. The summed E-state index contributed by atoms with van der Waals surface area (Å²) < 4.78 is 1.87. The second kappa shape index (κ2) is 6.54. The lowest BCUT2D eigenvalue weighted by molar-refractivity contribution is -0.144. The van der Waals surface area contributed by atoms with Crippen LogP contribution in [0.5, 0.6) is 0 Å². The average molecular weight is 313 g/mol. The second-order valence-corrected chi connectivity index (χ2v) is 6.57. The highest BCUT2D eigenvalue weighted by molar-refractivity contribution is 5.70. The van der Waals surface area contributed by atoms with Crippen molar-refractivity contribution in [1.29, 1.82) is 0 Å². The number of carboxylic acids is 1. The Bertz CT molecular complexity index is 695. The quantitative estimate of drug-likeness (QED) is 0.942. The van der Waals surface area contributed by atoms with E-state index in [-0.39, 0.29) is 5.92 Å². The molecule has 122 valence electrons. The number of hydrogen-bond acceptors (Lipinski definition) is 3. The number of aromatic nitrogens is 2. The smallest absolute Gasteiger partial charge is 0.307 e. The topological polar surface area (TPSA) is 58.4 Å². The van der Waals surface area contributed by atoms with Gasteiger partial charge < -0.3 is 5.11 Å². The number of carboxylic acid groups (broad SMARTS) is 1. The molecule has 2 heterocycles. The molecule has 5 heteroatoms. The molecule has 2 atom stereocenters. The van der Waals surface area contributed by atoms with Gasteiger partial charge in [0.1, 0.15) is 0 Å². The fourth-order valence-electron chi connectivity index (χ4n) is 3.56. The van der Waals surface area contributed by atoms with E-state index in [4.69, 9.17) is 0 Å². The lowest BCUT2D eigenvalue weighted by Gasteiger charge is -2.35. The first-order valence-electron chi connectivity index (χ1n) is 8.06. The maximum absolute atomic E-state index is 11.4. The minimum absolute atomic E-state index is 0.261. The molecular weight excluding hydrogens is 290 g/mol. The van der Waals surface area contributed by atoms with Gasteiger partial charge in [0.25, 0.3) is 0 Å². The van der Waals surface area contributed by atoms with Gasteiger partial charge in [0.15, 0.2) is 0 Å². The zero-order valence-corrected chi connectivity index (χ0v) is 13.6. The Labute approximate surface area is 136 Å². The third-order valence-electron chi connectivity index (χ3n) is 4.59. The van der Waals surface area contributed by atoms with Crippen LogP contribution in [0.15, 0.2) is 36.5 Å². The van der Waals surface area contributed by atoms with Crippen molar-refractivity contribution in [3.8, 4) is 11.3 Å². The molecule has 1 aliphatic rings. The molecule has 0 bridgehead atoms. The SMILES string of the molecule is CC1CC(C(=O)O)CN(Cc2ccccc2-c2ccnn2C)C1. The van der Waals surface area contributed by atoms with Crippen LogP contribution in [0.4, 0.5) is 0 Å². The molecule has 5 nitrogen and oxygen atoms in total. The van der Waals surface area contributed by atoms with E-state index in [1.165, 1.54) is 5.56 Å². The van der Waals surface area contributed by atoms with E-state index in [1.807, 2.05) is 29.9 Å². The molecule has 0 aliphatic carbocycles. The monoisotopic (exact) mass is 313 g/mol. The maximum Gasteiger partial charge on any atom is 0.307 e. The van der Waals surface area contributed by atoms with Crippen LogP contribution in [-0.4, -0.2) is 38.8 Å². The zero-order valence-electron chi connectivity index (χ0n) is 13.6. The molecule has 1 fully saturated rings. The van der Waals surface area contributed by atoms with E-state index < -0.39 is 5.97 Å². The number of aliphatic carboxylic acids is 1. The highest BCUT2D eigenvalue weighted by Gasteiger charge is 2.29. The Morgan fingerprint density at radius 1 is 1.30 bits per heavy atom. The van der Waals surface area contributed by atoms with E-state index in [1.54, 1.807) is 6.20 Å². The summed E-state index contributed by atoms with van der Waals surface area (Å²) in [5.74, 6) is -0.530. The van der Waals surface area contributed by atoms with Gasteiger partial charge in [-0.1, -0.05) is 31.2 Å². The highest BCUT2D eigenvalue weighted by Crippen LogP contribution is 2.27. The molecule has 3 rings (SSSR count). The van der Waals surface area contributed by atoms with Crippen molar-refractivity contribution in [2.75, 3.05) is 13.1 Å². The van der Waals surface area contributed by atoms with Gasteiger partial charge in [-0.15, -0.1) is 0 Å². The summed E-state index contributed by atoms with van der Waals surface area (Å²) in [5, 5.41) is 13.6. The molecular formula is C18H23N3O2. The molecule has 1 aromatic heterocycles. The van der Waals surface area contributed by atoms with E-state index in [9.17, 15) is 9.90 Å². The first-order chi connectivity index (χ1) is 11.0. The minimum Gasteiger partial charge on any atom is -0.481 e. The summed E-state index contributed by atoms with van der Waals surface area (Å²) in [6.45, 7) is 4.48. The summed E-state index contributed by atoms with van der Waals surface area (Å²) in [7, 11) is 1.94. The molecule has 1 saturated heterocycles. The fraction of sp³-hybridized carbons (Fsp3) is 0.444. The Kier molecular flexibility index (Phi) is 4.48. The Balaban J connectivity index is 1.83. The summed E-state index contributed by atoms with van der Waals surface area (Å²) in [6.07, 6.45) is 2.57. The van der Waals surface area contributed by atoms with E-state index >= 15 is 0 Å². The van der Waals surface area contributed by atoms with Crippen molar-refractivity contribution >= 4 is 5.97 Å². The zero-order chi connectivity index (χ0) is 16.4. The van der Waals surface area contributed by atoms with Crippen molar-refractivity contribution in [2.24, 2.45) is 18.9 Å². The van der Waals surface area contributed by atoms with Crippen LogP contribution in [0, 0.1) is 11.8 Å². The number of rotatable bonds is 4. The van der Waals surface area contributed by atoms with Gasteiger partial charge in [0, 0.05) is 38.4 Å². The summed E-state index contributed by atoms with van der Waals surface area (Å²) in [5.41, 5.74) is 3.47. The van der Waals surface area contributed by atoms with Crippen molar-refractivity contribution in [1.82, 2.24) is 14.7 Å². The van der Waals surface area contributed by atoms with Gasteiger partial charge in [-0.2, -0.15) is 5.10 Å². The number of benzene rings is 1. The van der Waals surface area contributed by atoms with E-state index in [2.05, 4.69) is 29.1 Å². The summed E-state index contributed by atoms with van der Waals surface area (Å²) >= 11 is 0. The Hall–Kier alpha value is -2.14. The van der Waals surface area contributed by atoms with Crippen LogP contribution in [0.1, 0.15) is 18.9 Å². The molecule has 1 N–H and O–H groups in total. The molecule has 1 aromatic carbocycles. The normalized spacial score (nSPS) is 22.2. The van der Waals surface area contributed by atoms with Crippen LogP contribution < -0.4 is 0 Å². The first-order valence-corrected chi connectivity index (χ1v) is 8.06. The molecule has 2 aromatic rings. The van der Waals surface area contributed by atoms with Gasteiger partial charge in [-0.3, -0.25) is 14.4 Å². The third-order valence-corrected chi connectivity index (χ3v) is 4.59. The number of hydrogen-bond donors (Lipinski definition) is 1. The Morgan fingerprint density at radius 3 is 2.78 bits per heavy atom. The first kappa shape index (κ1) is 15.7. The van der Waals surface area contributed by atoms with Crippen LogP contribution in [-0.2, 0) is 18.4 Å². The van der Waals surface area contributed by atoms with Crippen LogP contribution >= 0.6 is 0 Å². The van der Waals surface area contributed by atoms with Crippen LogP contribution in [0.3, 0.4) is 0 Å². The maximum atomic E-state index is 11.4. The van der Waals surface area contributed by atoms with E-state index in [0.29, 0.717) is 12.5 Å². The lowest BCUT2D eigenvalue weighted by atomic mass is 9.90. The molecule has 0 spiro atoms. The molecule has 0 saturated carbocycles. The molecule has 0 amide bonds. The molecule has 1 aliphatic heterocycles. The van der Waals surface area contributed by atoms with Crippen molar-refractivity contribution in [3.05, 3.63) is 42.1 Å². The van der Waals surface area contributed by atoms with Gasteiger partial charge in [0.05, 0.1) is 11.6 Å². The van der Waals surface area contributed by atoms with Crippen molar-refractivity contribution in [2.45, 2.75) is 19.9 Å². The summed E-state index contributed by atoms with van der Waals surface area (Å²) in [6, 6.07) is 10.3. The summed E-state index contributed by atoms with van der Waals surface area (Å²) in [4.78, 5) is 13.6. The standard InChI is InChI=1S/C18H23N3O2/c1-13-9-15(18(22)23)12-21(10-13)11-14-5-3-4-6-16(14)17-7-8-19-20(17)2/h3-8,13,15H,9-12H2,1-2H3,(H,22,23).